The van der Waals surface area contributed by atoms with E-state index in [9.17, 15) is 10.2 Å². The topological polar surface area (TPSA) is 59.0 Å². The number of hydrogen-bond donors (Lipinski definition) is 3. The number of piperazine rings is 1. The average molecular weight is 335 g/mol. The molecule has 1 heterocycles. The fourth-order valence-corrected chi connectivity index (χ4v) is 3.69. The van der Waals surface area contributed by atoms with Gasteiger partial charge in [0, 0.05) is 74.6 Å². The average Bonchev–Trinajstić information content (AvgIpc) is 2.59. The van der Waals surface area contributed by atoms with E-state index in [0.29, 0.717) is 5.75 Å². The molecule has 3 N–H and O–H groups in total. The quantitative estimate of drug-likeness (QED) is 0.713. The van der Waals surface area contributed by atoms with Crippen molar-refractivity contribution in [1.29, 1.82) is 0 Å². The molecule has 1 aliphatic rings. The third-order valence-electron chi connectivity index (χ3n) is 5.10. The van der Waals surface area contributed by atoms with Crippen LogP contribution in [0, 0.1) is 5.41 Å². The fourth-order valence-electron chi connectivity index (χ4n) is 3.69. The normalized spacial score (nSPS) is 17.7. The SMILES string of the molecule is CCN(CC)c1ccc([C@H](N2CCNCC2)C(C)(C)CO)c(O)c1. The Labute approximate surface area is 146 Å². The number of rotatable bonds is 7. The highest BCUT2D eigenvalue weighted by Crippen LogP contribution is 2.42. The largest absolute Gasteiger partial charge is 0.508 e. The monoisotopic (exact) mass is 335 g/mol. The van der Waals surface area contributed by atoms with Crippen molar-refractivity contribution in [2.45, 2.75) is 33.7 Å². The van der Waals surface area contributed by atoms with Crippen molar-refractivity contribution >= 4 is 5.69 Å². The van der Waals surface area contributed by atoms with Crippen LogP contribution in [0.5, 0.6) is 5.75 Å². The molecule has 1 fully saturated rings. The molecule has 1 aromatic carbocycles. The van der Waals surface area contributed by atoms with E-state index < -0.39 is 0 Å². The second-order valence-corrected chi connectivity index (χ2v) is 7.25. The van der Waals surface area contributed by atoms with Crippen LogP contribution in [0.15, 0.2) is 18.2 Å². The van der Waals surface area contributed by atoms with Gasteiger partial charge in [0.05, 0.1) is 0 Å². The van der Waals surface area contributed by atoms with Gasteiger partial charge in [0.2, 0.25) is 0 Å². The van der Waals surface area contributed by atoms with Gasteiger partial charge < -0.3 is 20.4 Å². The summed E-state index contributed by atoms with van der Waals surface area (Å²) in [5.74, 6) is 0.324. The van der Waals surface area contributed by atoms with Crippen LogP contribution in [-0.2, 0) is 0 Å². The predicted octanol–water partition coefficient (Wildman–Crippen LogP) is 2.20. The molecule has 0 aromatic heterocycles. The van der Waals surface area contributed by atoms with Gasteiger partial charge in [-0.3, -0.25) is 4.90 Å². The summed E-state index contributed by atoms with van der Waals surface area (Å²) < 4.78 is 0. The molecule has 1 atom stereocenters. The first kappa shape index (κ1) is 19.0. The van der Waals surface area contributed by atoms with E-state index in [1.54, 1.807) is 0 Å². The van der Waals surface area contributed by atoms with Crippen LogP contribution < -0.4 is 10.2 Å². The molecule has 5 nitrogen and oxygen atoms in total. The van der Waals surface area contributed by atoms with Gasteiger partial charge in [-0.2, -0.15) is 0 Å². The molecule has 136 valence electrons. The highest BCUT2D eigenvalue weighted by atomic mass is 16.3. The van der Waals surface area contributed by atoms with E-state index in [4.69, 9.17) is 0 Å². The fraction of sp³-hybridized carbons (Fsp3) is 0.684. The summed E-state index contributed by atoms with van der Waals surface area (Å²) in [6.45, 7) is 14.0. The Morgan fingerprint density at radius 2 is 1.83 bits per heavy atom. The van der Waals surface area contributed by atoms with E-state index >= 15 is 0 Å². The predicted molar refractivity (Wildman–Crippen MR) is 99.7 cm³/mol. The van der Waals surface area contributed by atoms with Crippen LogP contribution in [-0.4, -0.2) is 61.0 Å². The molecule has 24 heavy (non-hydrogen) atoms. The van der Waals surface area contributed by atoms with E-state index in [-0.39, 0.29) is 18.1 Å². The summed E-state index contributed by atoms with van der Waals surface area (Å²) >= 11 is 0. The number of benzene rings is 1. The van der Waals surface area contributed by atoms with Crippen LogP contribution >= 0.6 is 0 Å². The van der Waals surface area contributed by atoms with Crippen LogP contribution in [0.2, 0.25) is 0 Å². The summed E-state index contributed by atoms with van der Waals surface area (Å²) in [7, 11) is 0. The van der Waals surface area contributed by atoms with Crippen molar-refractivity contribution in [1.82, 2.24) is 10.2 Å². The Kier molecular flexibility index (Phi) is 6.49. The van der Waals surface area contributed by atoms with Crippen LogP contribution in [0.4, 0.5) is 5.69 Å². The zero-order valence-corrected chi connectivity index (χ0v) is 15.5. The van der Waals surface area contributed by atoms with Crippen LogP contribution in [0.1, 0.15) is 39.3 Å². The zero-order chi connectivity index (χ0) is 17.7. The Bertz CT molecular complexity index is 523. The van der Waals surface area contributed by atoms with Gasteiger partial charge >= 0.3 is 0 Å². The second-order valence-electron chi connectivity index (χ2n) is 7.25. The lowest BCUT2D eigenvalue weighted by Crippen LogP contribution is -2.49. The summed E-state index contributed by atoms with van der Waals surface area (Å²) in [6, 6.07) is 5.98. The third kappa shape index (κ3) is 4.02. The Morgan fingerprint density at radius 3 is 2.33 bits per heavy atom. The molecule has 1 aliphatic heterocycles. The van der Waals surface area contributed by atoms with Gasteiger partial charge in [0.15, 0.2) is 0 Å². The maximum absolute atomic E-state index is 10.7. The number of nitrogens with zero attached hydrogens (tertiary/aromatic N) is 2. The van der Waals surface area contributed by atoms with Crippen molar-refractivity contribution in [3.8, 4) is 5.75 Å². The molecule has 1 saturated heterocycles. The molecule has 0 aliphatic carbocycles. The summed E-state index contributed by atoms with van der Waals surface area (Å²) in [5.41, 5.74) is 1.62. The minimum absolute atomic E-state index is 0.00430. The third-order valence-corrected chi connectivity index (χ3v) is 5.10. The summed E-state index contributed by atoms with van der Waals surface area (Å²) in [4.78, 5) is 4.60. The molecular formula is C19H33N3O2. The Balaban J connectivity index is 2.38. The highest BCUT2D eigenvalue weighted by Gasteiger charge is 2.37. The molecule has 5 heteroatoms. The molecule has 0 spiro atoms. The number of aliphatic hydroxyl groups is 1. The molecule has 0 radical (unpaired) electrons. The minimum atomic E-state index is -0.328. The minimum Gasteiger partial charge on any atom is -0.508 e. The number of phenols is 1. The summed E-state index contributed by atoms with van der Waals surface area (Å²) in [6.07, 6.45) is 0. The zero-order valence-electron chi connectivity index (χ0n) is 15.5. The standard InChI is InChI=1S/C19H33N3O2/c1-5-21(6-2)15-7-8-16(17(24)13-15)18(19(3,4)14-23)22-11-9-20-10-12-22/h7-8,13,18,20,23-24H,5-6,9-12,14H2,1-4H3/t18-/m0/s1. The molecular weight excluding hydrogens is 302 g/mol. The lowest BCUT2D eigenvalue weighted by molar-refractivity contribution is 0.0293. The number of phenolic OH excluding ortho intramolecular Hbond substituents is 1. The van der Waals surface area contributed by atoms with Crippen molar-refractivity contribution in [2.24, 2.45) is 5.41 Å². The molecule has 0 unspecified atom stereocenters. The van der Waals surface area contributed by atoms with Crippen molar-refractivity contribution < 1.29 is 10.2 Å². The number of nitrogens with one attached hydrogen (secondary N) is 1. The van der Waals surface area contributed by atoms with Gasteiger partial charge in [-0.15, -0.1) is 0 Å². The Morgan fingerprint density at radius 1 is 1.21 bits per heavy atom. The van der Waals surface area contributed by atoms with Crippen LogP contribution in [0.3, 0.4) is 0 Å². The number of hydrogen-bond acceptors (Lipinski definition) is 5. The van der Waals surface area contributed by atoms with Crippen molar-refractivity contribution in [2.75, 3.05) is 50.8 Å². The van der Waals surface area contributed by atoms with E-state index in [0.717, 1.165) is 50.5 Å². The smallest absolute Gasteiger partial charge is 0.122 e. The molecule has 0 amide bonds. The first-order chi connectivity index (χ1) is 11.4. The van der Waals surface area contributed by atoms with Crippen molar-refractivity contribution in [3.63, 3.8) is 0 Å². The maximum Gasteiger partial charge on any atom is 0.122 e. The molecule has 1 aromatic rings. The molecule has 0 saturated carbocycles. The highest BCUT2D eigenvalue weighted by molar-refractivity contribution is 5.54. The van der Waals surface area contributed by atoms with Gasteiger partial charge in [0.25, 0.3) is 0 Å². The second kappa shape index (κ2) is 8.19. The van der Waals surface area contributed by atoms with E-state index in [2.05, 4.69) is 48.9 Å². The summed E-state index contributed by atoms with van der Waals surface area (Å²) in [5, 5.41) is 24.0. The van der Waals surface area contributed by atoms with E-state index in [1.807, 2.05) is 12.1 Å². The lowest BCUT2D eigenvalue weighted by atomic mass is 9.79. The van der Waals surface area contributed by atoms with Gasteiger partial charge in [-0.25, -0.2) is 0 Å². The van der Waals surface area contributed by atoms with Gasteiger partial charge in [0.1, 0.15) is 5.75 Å². The van der Waals surface area contributed by atoms with Gasteiger partial charge in [-0.05, 0) is 19.9 Å². The first-order valence-corrected chi connectivity index (χ1v) is 9.08. The van der Waals surface area contributed by atoms with Crippen molar-refractivity contribution in [3.05, 3.63) is 23.8 Å². The number of aliphatic hydroxyl groups excluding tert-OH is 1. The Hall–Kier alpha value is -1.30. The van der Waals surface area contributed by atoms with Gasteiger partial charge in [-0.1, -0.05) is 19.9 Å². The lowest BCUT2D eigenvalue weighted by Gasteiger charge is -2.43. The number of aromatic hydroxyl groups is 1. The first-order valence-electron chi connectivity index (χ1n) is 9.08. The maximum atomic E-state index is 10.7. The molecule has 2 rings (SSSR count). The number of anilines is 1. The molecule has 0 bridgehead atoms. The van der Waals surface area contributed by atoms with E-state index in [1.165, 1.54) is 0 Å². The van der Waals surface area contributed by atoms with Crippen LogP contribution in [0.25, 0.3) is 0 Å².